The summed E-state index contributed by atoms with van der Waals surface area (Å²) in [7, 11) is 0. The van der Waals surface area contributed by atoms with Gasteiger partial charge >= 0.3 is 0 Å². The molecule has 1 saturated carbocycles. The van der Waals surface area contributed by atoms with Crippen LogP contribution >= 0.6 is 0 Å². The van der Waals surface area contributed by atoms with E-state index in [0.29, 0.717) is 5.41 Å². The van der Waals surface area contributed by atoms with E-state index in [9.17, 15) is 0 Å². The van der Waals surface area contributed by atoms with Gasteiger partial charge in [0.2, 0.25) is 0 Å². The van der Waals surface area contributed by atoms with E-state index in [-0.39, 0.29) is 0 Å². The lowest BCUT2D eigenvalue weighted by molar-refractivity contribution is 0.165. The van der Waals surface area contributed by atoms with Gasteiger partial charge < -0.3 is 0 Å². The van der Waals surface area contributed by atoms with E-state index in [1.165, 1.54) is 25.8 Å². The lowest BCUT2D eigenvalue weighted by atomic mass is 9.75. The van der Waals surface area contributed by atoms with Crippen LogP contribution in [0.4, 0.5) is 0 Å². The van der Waals surface area contributed by atoms with Crippen molar-refractivity contribution in [3.63, 3.8) is 0 Å². The molecule has 1 nitrogen and oxygen atoms in total. The molecule has 4 unspecified atom stereocenters. The quantitative estimate of drug-likeness (QED) is 0.552. The summed E-state index contributed by atoms with van der Waals surface area (Å²) in [4.78, 5) is 2.82. The van der Waals surface area contributed by atoms with Crippen LogP contribution in [0.15, 0.2) is 0 Å². The predicted molar refractivity (Wildman–Crippen MR) is 54.6 cm³/mol. The van der Waals surface area contributed by atoms with Crippen LogP contribution in [-0.4, -0.2) is 23.5 Å². The molecule has 3 aliphatic rings. The van der Waals surface area contributed by atoms with Crippen LogP contribution in [0.3, 0.4) is 0 Å². The summed E-state index contributed by atoms with van der Waals surface area (Å²) in [6.07, 6.45) is 4.50. The van der Waals surface area contributed by atoms with Gasteiger partial charge in [0.15, 0.2) is 0 Å². The lowest BCUT2D eigenvalue weighted by Gasteiger charge is -2.33. The highest BCUT2D eigenvalue weighted by Crippen LogP contribution is 2.55. The molecule has 2 heterocycles. The molecule has 74 valence electrons. The molecule has 0 bridgehead atoms. The SMILES string of the molecule is CC(C)(C)C1CCN2C3CC3CC12. The zero-order chi connectivity index (χ0) is 9.22. The van der Waals surface area contributed by atoms with E-state index >= 15 is 0 Å². The third-order valence-corrected chi connectivity index (χ3v) is 4.56. The van der Waals surface area contributed by atoms with Crippen molar-refractivity contribution < 1.29 is 0 Å². The summed E-state index contributed by atoms with van der Waals surface area (Å²) in [5.41, 5.74) is 0.538. The van der Waals surface area contributed by atoms with Crippen molar-refractivity contribution in [3.8, 4) is 0 Å². The fourth-order valence-corrected chi connectivity index (χ4v) is 3.80. The Labute approximate surface area is 81.5 Å². The van der Waals surface area contributed by atoms with Crippen molar-refractivity contribution in [1.29, 1.82) is 0 Å². The Balaban J connectivity index is 1.80. The van der Waals surface area contributed by atoms with Gasteiger partial charge in [-0.2, -0.15) is 0 Å². The Morgan fingerprint density at radius 1 is 1.08 bits per heavy atom. The minimum atomic E-state index is 0.538. The molecule has 0 aromatic heterocycles. The molecule has 3 fully saturated rings. The van der Waals surface area contributed by atoms with Crippen LogP contribution in [-0.2, 0) is 0 Å². The topological polar surface area (TPSA) is 3.24 Å². The highest BCUT2D eigenvalue weighted by atomic mass is 15.3. The summed E-state index contributed by atoms with van der Waals surface area (Å²) in [5.74, 6) is 2.08. The minimum absolute atomic E-state index is 0.538. The third kappa shape index (κ3) is 1.09. The van der Waals surface area contributed by atoms with Crippen molar-refractivity contribution in [1.82, 2.24) is 4.90 Å². The molecule has 13 heavy (non-hydrogen) atoms. The van der Waals surface area contributed by atoms with Crippen LogP contribution in [0, 0.1) is 17.3 Å². The summed E-state index contributed by atoms with van der Waals surface area (Å²) < 4.78 is 0. The van der Waals surface area contributed by atoms with Crippen LogP contribution in [0.25, 0.3) is 0 Å². The summed E-state index contributed by atoms with van der Waals surface area (Å²) in [5, 5.41) is 0. The summed E-state index contributed by atoms with van der Waals surface area (Å²) in [6.45, 7) is 8.66. The summed E-state index contributed by atoms with van der Waals surface area (Å²) >= 11 is 0. The fourth-order valence-electron chi connectivity index (χ4n) is 3.80. The first-order chi connectivity index (χ1) is 6.07. The number of piperidine rings is 1. The highest BCUT2D eigenvalue weighted by molar-refractivity contribution is 5.11. The van der Waals surface area contributed by atoms with E-state index in [1.54, 1.807) is 0 Å². The monoisotopic (exact) mass is 179 g/mol. The molecule has 2 saturated heterocycles. The van der Waals surface area contributed by atoms with Gasteiger partial charge in [-0.1, -0.05) is 20.8 Å². The highest BCUT2D eigenvalue weighted by Gasteiger charge is 2.57. The lowest BCUT2D eigenvalue weighted by Crippen LogP contribution is -2.34. The smallest absolute Gasteiger partial charge is 0.0135 e. The van der Waals surface area contributed by atoms with Crippen molar-refractivity contribution in [2.75, 3.05) is 6.54 Å². The zero-order valence-corrected chi connectivity index (χ0v) is 9.09. The molecule has 1 heteroatoms. The van der Waals surface area contributed by atoms with Gasteiger partial charge in [0.1, 0.15) is 0 Å². The van der Waals surface area contributed by atoms with Gasteiger partial charge in [-0.15, -0.1) is 0 Å². The van der Waals surface area contributed by atoms with Crippen LogP contribution in [0.5, 0.6) is 0 Å². The maximum Gasteiger partial charge on any atom is 0.0135 e. The molecule has 4 atom stereocenters. The summed E-state index contributed by atoms with van der Waals surface area (Å²) in [6, 6.07) is 1.99. The van der Waals surface area contributed by atoms with E-state index in [2.05, 4.69) is 25.7 Å². The molecule has 3 rings (SSSR count). The number of rotatable bonds is 0. The Morgan fingerprint density at radius 3 is 2.46 bits per heavy atom. The van der Waals surface area contributed by atoms with Crippen molar-refractivity contribution >= 4 is 0 Å². The molecular weight excluding hydrogens is 158 g/mol. The molecule has 0 N–H and O–H groups in total. The molecule has 2 aliphatic heterocycles. The third-order valence-electron chi connectivity index (χ3n) is 4.56. The molecule has 0 radical (unpaired) electrons. The van der Waals surface area contributed by atoms with E-state index in [4.69, 9.17) is 0 Å². The van der Waals surface area contributed by atoms with Crippen molar-refractivity contribution in [2.45, 2.75) is 52.1 Å². The largest absolute Gasteiger partial charge is 0.297 e. The molecule has 0 spiro atoms. The van der Waals surface area contributed by atoms with Crippen LogP contribution in [0.1, 0.15) is 40.0 Å². The van der Waals surface area contributed by atoms with E-state index in [0.717, 1.165) is 23.9 Å². The Morgan fingerprint density at radius 2 is 1.77 bits per heavy atom. The zero-order valence-electron chi connectivity index (χ0n) is 9.09. The van der Waals surface area contributed by atoms with Gasteiger partial charge in [0.05, 0.1) is 0 Å². The van der Waals surface area contributed by atoms with E-state index in [1.807, 2.05) is 0 Å². The number of fused-ring (bicyclic) bond motifs is 3. The van der Waals surface area contributed by atoms with Crippen molar-refractivity contribution in [3.05, 3.63) is 0 Å². The maximum atomic E-state index is 2.82. The normalized spacial score (nSPS) is 49.2. The predicted octanol–water partition coefficient (Wildman–Crippen LogP) is 2.52. The fraction of sp³-hybridized carbons (Fsp3) is 1.00. The first-order valence-electron chi connectivity index (χ1n) is 5.83. The molecular formula is C12H21N. The Kier molecular flexibility index (Phi) is 1.47. The van der Waals surface area contributed by atoms with Gasteiger partial charge in [0, 0.05) is 12.1 Å². The Bertz CT molecular complexity index is 228. The second-order valence-corrected chi connectivity index (χ2v) is 6.37. The average Bonchev–Trinajstić information content (AvgIpc) is 2.52. The second-order valence-electron chi connectivity index (χ2n) is 6.37. The molecule has 0 aromatic rings. The van der Waals surface area contributed by atoms with Crippen LogP contribution in [0.2, 0.25) is 0 Å². The van der Waals surface area contributed by atoms with Gasteiger partial charge in [-0.05, 0) is 43.1 Å². The standard InChI is InChI=1S/C12H21N/c1-12(2,3)9-4-5-13-10-6-8(10)7-11(9)13/h8-11H,4-7H2,1-3H3. The molecule has 1 aliphatic carbocycles. The van der Waals surface area contributed by atoms with Gasteiger partial charge in [0.25, 0.3) is 0 Å². The first-order valence-corrected chi connectivity index (χ1v) is 5.83. The molecule has 0 amide bonds. The maximum absolute atomic E-state index is 2.82. The second kappa shape index (κ2) is 2.31. The molecule has 0 aromatic carbocycles. The van der Waals surface area contributed by atoms with Crippen molar-refractivity contribution in [2.24, 2.45) is 17.3 Å². The number of nitrogens with zero attached hydrogens (tertiary/aromatic N) is 1. The van der Waals surface area contributed by atoms with Gasteiger partial charge in [-0.3, -0.25) is 4.90 Å². The first kappa shape index (κ1) is 8.28. The number of hydrogen-bond acceptors (Lipinski definition) is 1. The minimum Gasteiger partial charge on any atom is -0.297 e. The van der Waals surface area contributed by atoms with Crippen LogP contribution < -0.4 is 0 Å². The Hall–Kier alpha value is -0.0400. The number of hydrogen-bond donors (Lipinski definition) is 0. The van der Waals surface area contributed by atoms with E-state index < -0.39 is 0 Å². The van der Waals surface area contributed by atoms with Gasteiger partial charge in [-0.25, -0.2) is 0 Å². The average molecular weight is 179 g/mol.